The molecule has 1 unspecified atom stereocenters. The van der Waals surface area contributed by atoms with Gasteiger partial charge in [0.25, 0.3) is 4.96 Å². The molecule has 2 aromatic heterocycles. The van der Waals surface area contributed by atoms with E-state index in [9.17, 15) is 14.9 Å². The summed E-state index contributed by atoms with van der Waals surface area (Å²) < 4.78 is 1.40. The highest BCUT2D eigenvalue weighted by atomic mass is 32.1. The summed E-state index contributed by atoms with van der Waals surface area (Å²) in [4.78, 5) is 25.7. The summed E-state index contributed by atoms with van der Waals surface area (Å²) in [5, 5.41) is 24.3. The monoisotopic (exact) mass is 284 g/mol. The molecule has 1 atom stereocenters. The van der Waals surface area contributed by atoms with Crippen LogP contribution in [0.1, 0.15) is 19.8 Å². The Morgan fingerprint density at radius 1 is 1.74 bits per heavy atom. The first-order valence-corrected chi connectivity index (χ1v) is 6.45. The van der Waals surface area contributed by atoms with Crippen LogP contribution in [-0.4, -0.2) is 31.4 Å². The van der Waals surface area contributed by atoms with Crippen LogP contribution in [0.3, 0.4) is 0 Å². The minimum absolute atomic E-state index is 0.00415. The zero-order chi connectivity index (χ0) is 14.0. The Bertz CT molecular complexity index is 620. The Kier molecular flexibility index (Phi) is 3.65. The molecule has 0 bridgehead atoms. The fourth-order valence-corrected chi connectivity index (χ4v) is 2.40. The Balaban J connectivity index is 2.19. The van der Waals surface area contributed by atoms with E-state index in [0.29, 0.717) is 11.4 Å². The molecule has 9 heteroatoms. The maximum Gasteiger partial charge on any atom is 0.372 e. The van der Waals surface area contributed by atoms with Gasteiger partial charge < -0.3 is 20.5 Å². The Labute approximate surface area is 111 Å². The van der Waals surface area contributed by atoms with Gasteiger partial charge in [-0.3, -0.25) is 4.79 Å². The van der Waals surface area contributed by atoms with Gasteiger partial charge in [0.05, 0.1) is 0 Å². The molecule has 0 spiro atoms. The van der Waals surface area contributed by atoms with Crippen LogP contribution in [0.15, 0.2) is 11.6 Å². The largest absolute Gasteiger partial charge is 0.481 e. The highest BCUT2D eigenvalue weighted by Gasteiger charge is 2.24. The highest BCUT2D eigenvalue weighted by Crippen LogP contribution is 2.28. The molecular formula is C10H12N4O4S. The molecular weight excluding hydrogens is 272 g/mol. The average Bonchev–Trinajstić information content (AvgIpc) is 2.85. The second-order valence-corrected chi connectivity index (χ2v) is 4.95. The van der Waals surface area contributed by atoms with Crippen molar-refractivity contribution in [1.29, 1.82) is 0 Å². The lowest BCUT2D eigenvalue weighted by molar-refractivity contribution is -0.389. The Hall–Kier alpha value is -2.16. The van der Waals surface area contributed by atoms with Gasteiger partial charge in [0, 0.05) is 17.8 Å². The van der Waals surface area contributed by atoms with Crippen LogP contribution in [-0.2, 0) is 4.79 Å². The van der Waals surface area contributed by atoms with Gasteiger partial charge in [-0.25, -0.2) is 0 Å². The van der Waals surface area contributed by atoms with Crippen molar-refractivity contribution in [2.75, 3.05) is 5.32 Å². The van der Waals surface area contributed by atoms with Crippen LogP contribution in [0, 0.1) is 10.1 Å². The van der Waals surface area contributed by atoms with Crippen LogP contribution in [0.2, 0.25) is 0 Å². The number of rotatable bonds is 6. The molecule has 0 aliphatic carbocycles. The molecule has 0 aliphatic rings. The fraction of sp³-hybridized carbons (Fsp3) is 0.400. The topological polar surface area (TPSA) is 110 Å². The SMILES string of the molecule is CC(CCC(=O)O)Nc1nc2sccn2c1[N+](=O)[O-]. The van der Waals surface area contributed by atoms with E-state index in [0.717, 1.165) is 0 Å². The summed E-state index contributed by atoms with van der Waals surface area (Å²) in [6.07, 6.45) is 1.96. The van der Waals surface area contributed by atoms with Crippen molar-refractivity contribution < 1.29 is 14.8 Å². The van der Waals surface area contributed by atoms with Crippen molar-refractivity contribution in [3.63, 3.8) is 0 Å². The maximum absolute atomic E-state index is 11.1. The smallest absolute Gasteiger partial charge is 0.372 e. The van der Waals surface area contributed by atoms with Crippen molar-refractivity contribution in [2.24, 2.45) is 0 Å². The molecule has 2 aromatic rings. The number of nitrogens with zero attached hydrogens (tertiary/aromatic N) is 3. The number of thiazole rings is 1. The second-order valence-electron chi connectivity index (χ2n) is 4.07. The molecule has 0 amide bonds. The van der Waals surface area contributed by atoms with Gasteiger partial charge >= 0.3 is 11.8 Å². The number of imidazole rings is 1. The molecule has 2 rings (SSSR count). The number of carboxylic acid groups (broad SMARTS) is 1. The van der Waals surface area contributed by atoms with Crippen LogP contribution in [0.25, 0.3) is 4.96 Å². The van der Waals surface area contributed by atoms with E-state index in [1.54, 1.807) is 18.5 Å². The second kappa shape index (κ2) is 5.22. The number of carboxylic acids is 1. The van der Waals surface area contributed by atoms with Crippen molar-refractivity contribution in [2.45, 2.75) is 25.8 Å². The molecule has 102 valence electrons. The van der Waals surface area contributed by atoms with Gasteiger partial charge in [-0.05, 0) is 18.3 Å². The Morgan fingerprint density at radius 2 is 2.47 bits per heavy atom. The van der Waals surface area contributed by atoms with Gasteiger partial charge in [0.2, 0.25) is 5.82 Å². The molecule has 2 heterocycles. The third-order valence-corrected chi connectivity index (χ3v) is 3.34. The number of fused-ring (bicyclic) bond motifs is 1. The van der Waals surface area contributed by atoms with Gasteiger partial charge in [0.15, 0.2) is 0 Å². The molecule has 0 aromatic carbocycles. The molecule has 19 heavy (non-hydrogen) atoms. The molecule has 0 saturated heterocycles. The summed E-state index contributed by atoms with van der Waals surface area (Å²) in [5.41, 5.74) is 0. The van der Waals surface area contributed by atoms with E-state index in [1.165, 1.54) is 15.7 Å². The van der Waals surface area contributed by atoms with E-state index in [2.05, 4.69) is 10.3 Å². The van der Waals surface area contributed by atoms with E-state index in [1.807, 2.05) is 0 Å². The fourth-order valence-electron chi connectivity index (χ4n) is 1.69. The van der Waals surface area contributed by atoms with Crippen molar-refractivity contribution in [3.8, 4) is 0 Å². The van der Waals surface area contributed by atoms with Crippen molar-refractivity contribution in [1.82, 2.24) is 9.38 Å². The van der Waals surface area contributed by atoms with Gasteiger partial charge in [0.1, 0.15) is 6.20 Å². The lowest BCUT2D eigenvalue weighted by Gasteiger charge is -2.11. The number of hydrogen-bond donors (Lipinski definition) is 2. The summed E-state index contributed by atoms with van der Waals surface area (Å²) in [7, 11) is 0. The Morgan fingerprint density at radius 3 is 3.11 bits per heavy atom. The van der Waals surface area contributed by atoms with Crippen molar-refractivity contribution >= 4 is 33.9 Å². The van der Waals surface area contributed by atoms with Crippen LogP contribution in [0.5, 0.6) is 0 Å². The van der Waals surface area contributed by atoms with Gasteiger partial charge in [-0.2, -0.15) is 9.38 Å². The third-order valence-electron chi connectivity index (χ3n) is 2.58. The predicted octanol–water partition coefficient (Wildman–Crippen LogP) is 1.97. The molecule has 0 aliphatic heterocycles. The summed E-state index contributed by atoms with van der Waals surface area (Å²) in [6, 6.07) is -0.209. The highest BCUT2D eigenvalue weighted by molar-refractivity contribution is 7.15. The lowest BCUT2D eigenvalue weighted by atomic mass is 10.2. The van der Waals surface area contributed by atoms with E-state index >= 15 is 0 Å². The zero-order valence-corrected chi connectivity index (χ0v) is 10.9. The average molecular weight is 284 g/mol. The van der Waals surface area contributed by atoms with E-state index in [4.69, 9.17) is 5.11 Å². The number of aromatic nitrogens is 2. The van der Waals surface area contributed by atoms with E-state index in [-0.39, 0.29) is 24.1 Å². The third kappa shape index (κ3) is 2.81. The van der Waals surface area contributed by atoms with Gasteiger partial charge in [-0.15, -0.1) is 0 Å². The number of aliphatic carboxylic acids is 1. The van der Waals surface area contributed by atoms with E-state index < -0.39 is 10.9 Å². The minimum Gasteiger partial charge on any atom is -0.481 e. The maximum atomic E-state index is 11.1. The number of carbonyl (C=O) groups is 1. The quantitative estimate of drug-likeness (QED) is 0.620. The standard InChI is InChI=1S/C10H12N4O4S/c1-6(2-3-7(15)16)11-8-9(14(17)18)13-4-5-19-10(13)12-8/h4-6,11H,2-3H2,1H3,(H,15,16). The lowest BCUT2D eigenvalue weighted by Crippen LogP contribution is -2.17. The molecule has 0 fully saturated rings. The first-order valence-electron chi connectivity index (χ1n) is 5.57. The summed E-state index contributed by atoms with van der Waals surface area (Å²) >= 11 is 1.30. The zero-order valence-electron chi connectivity index (χ0n) is 10.1. The summed E-state index contributed by atoms with van der Waals surface area (Å²) in [6.45, 7) is 1.76. The number of hydrogen-bond acceptors (Lipinski definition) is 6. The predicted molar refractivity (Wildman–Crippen MR) is 69.7 cm³/mol. The van der Waals surface area contributed by atoms with Crippen LogP contribution in [0.4, 0.5) is 11.6 Å². The molecule has 2 N–H and O–H groups in total. The number of anilines is 1. The first kappa shape index (κ1) is 13.3. The number of nitro groups is 1. The van der Waals surface area contributed by atoms with Crippen molar-refractivity contribution in [3.05, 3.63) is 21.7 Å². The molecule has 8 nitrogen and oxygen atoms in total. The van der Waals surface area contributed by atoms with Crippen LogP contribution >= 0.6 is 11.3 Å². The normalized spacial score (nSPS) is 12.5. The van der Waals surface area contributed by atoms with Gasteiger partial charge in [-0.1, -0.05) is 11.3 Å². The first-order chi connectivity index (χ1) is 8.99. The summed E-state index contributed by atoms with van der Waals surface area (Å²) in [5.74, 6) is -0.845. The number of nitrogens with one attached hydrogen (secondary N) is 1. The molecule has 0 saturated carbocycles. The molecule has 0 radical (unpaired) electrons. The minimum atomic E-state index is -0.894. The van der Waals surface area contributed by atoms with Crippen LogP contribution < -0.4 is 5.32 Å².